The second kappa shape index (κ2) is 6.53. The van der Waals surface area contributed by atoms with Gasteiger partial charge in [0.05, 0.1) is 10.6 Å². The third kappa shape index (κ3) is 4.10. The van der Waals surface area contributed by atoms with Crippen LogP contribution in [0.4, 0.5) is 17.6 Å². The summed E-state index contributed by atoms with van der Waals surface area (Å²) >= 11 is 5.59. The molecule has 0 aromatic heterocycles. The Bertz CT molecular complexity index is 493. The Balaban J connectivity index is 2.14. The molecule has 0 bridgehead atoms. The minimum Gasteiger partial charge on any atom is -0.299 e. The Hall–Kier alpha value is -0.810. The van der Waals surface area contributed by atoms with Crippen molar-refractivity contribution in [2.75, 3.05) is 13.1 Å². The maximum atomic E-state index is 13.9. The summed E-state index contributed by atoms with van der Waals surface area (Å²) in [6.07, 6.45) is -1.39. The first kappa shape index (κ1) is 16.6. The topological polar surface area (TPSA) is 3.24 Å². The molecule has 0 aliphatic carbocycles. The van der Waals surface area contributed by atoms with E-state index in [2.05, 4.69) is 6.92 Å². The molecule has 2 rings (SSSR count). The van der Waals surface area contributed by atoms with Crippen LogP contribution in [0.3, 0.4) is 0 Å². The molecule has 0 N–H and O–H groups in total. The second-order valence-corrected chi connectivity index (χ2v) is 5.96. The molecule has 1 aromatic rings. The molecule has 1 aromatic carbocycles. The van der Waals surface area contributed by atoms with Crippen molar-refractivity contribution in [2.45, 2.75) is 38.9 Å². The molecule has 0 radical (unpaired) electrons. The van der Waals surface area contributed by atoms with Crippen molar-refractivity contribution in [2.24, 2.45) is 5.92 Å². The summed E-state index contributed by atoms with van der Waals surface area (Å²) in [7, 11) is 0. The van der Waals surface area contributed by atoms with E-state index in [-0.39, 0.29) is 12.1 Å². The van der Waals surface area contributed by atoms with Crippen molar-refractivity contribution in [3.63, 3.8) is 0 Å². The highest BCUT2D eigenvalue weighted by Crippen LogP contribution is 2.34. The first-order valence-electron chi connectivity index (χ1n) is 7.08. The summed E-state index contributed by atoms with van der Waals surface area (Å²) < 4.78 is 52.2. The molecular formula is C15H18ClF4N. The van der Waals surface area contributed by atoms with E-state index in [4.69, 9.17) is 11.6 Å². The Morgan fingerprint density at radius 2 is 1.86 bits per heavy atom. The highest BCUT2D eigenvalue weighted by Gasteiger charge is 2.32. The van der Waals surface area contributed by atoms with Gasteiger partial charge >= 0.3 is 6.18 Å². The third-order valence-electron chi connectivity index (χ3n) is 4.11. The van der Waals surface area contributed by atoms with Crippen LogP contribution in [0.15, 0.2) is 12.1 Å². The number of likely N-dealkylation sites (tertiary alicyclic amines) is 1. The highest BCUT2D eigenvalue weighted by molar-refractivity contribution is 6.30. The monoisotopic (exact) mass is 323 g/mol. The Morgan fingerprint density at radius 1 is 1.24 bits per heavy atom. The summed E-state index contributed by atoms with van der Waals surface area (Å²) in [5, 5.41) is -0.469. The fourth-order valence-electron chi connectivity index (χ4n) is 2.72. The molecule has 1 saturated heterocycles. The van der Waals surface area contributed by atoms with Gasteiger partial charge in [-0.3, -0.25) is 4.90 Å². The van der Waals surface area contributed by atoms with Crippen molar-refractivity contribution in [3.05, 3.63) is 34.1 Å². The maximum absolute atomic E-state index is 13.9. The average molecular weight is 324 g/mol. The number of halogens is 5. The van der Waals surface area contributed by atoms with Gasteiger partial charge in [0.25, 0.3) is 0 Å². The quantitative estimate of drug-likeness (QED) is 0.698. The number of hydrogen-bond acceptors (Lipinski definition) is 1. The molecule has 118 valence electrons. The lowest BCUT2D eigenvalue weighted by atomic mass is 9.94. The van der Waals surface area contributed by atoms with E-state index in [1.54, 1.807) is 0 Å². The fraction of sp³-hybridized carbons (Fsp3) is 0.600. The lowest BCUT2D eigenvalue weighted by Crippen LogP contribution is -2.33. The number of piperidine rings is 1. The Labute approximate surface area is 126 Å². The van der Waals surface area contributed by atoms with Crippen molar-refractivity contribution in [3.8, 4) is 0 Å². The first-order valence-corrected chi connectivity index (χ1v) is 7.46. The highest BCUT2D eigenvalue weighted by atomic mass is 35.5. The first-order chi connectivity index (χ1) is 9.81. The van der Waals surface area contributed by atoms with Crippen LogP contribution in [0.2, 0.25) is 5.02 Å². The van der Waals surface area contributed by atoms with Crippen molar-refractivity contribution < 1.29 is 17.6 Å². The van der Waals surface area contributed by atoms with E-state index < -0.39 is 22.6 Å². The van der Waals surface area contributed by atoms with Gasteiger partial charge in [-0.15, -0.1) is 0 Å². The van der Waals surface area contributed by atoms with Crippen LogP contribution >= 0.6 is 11.6 Å². The molecule has 1 fully saturated rings. The molecule has 0 saturated carbocycles. The molecule has 1 aliphatic rings. The molecule has 1 nitrogen and oxygen atoms in total. The minimum absolute atomic E-state index is 0.0183. The Kier molecular flexibility index (Phi) is 5.15. The van der Waals surface area contributed by atoms with E-state index >= 15 is 0 Å². The zero-order valence-electron chi connectivity index (χ0n) is 11.8. The molecule has 6 heteroatoms. The fourth-order valence-corrected chi connectivity index (χ4v) is 2.96. The summed E-state index contributed by atoms with van der Waals surface area (Å²) in [4.78, 5) is 1.99. The van der Waals surface area contributed by atoms with Gasteiger partial charge in [0.2, 0.25) is 0 Å². The van der Waals surface area contributed by atoms with Crippen LogP contribution in [0, 0.1) is 11.7 Å². The summed E-state index contributed by atoms with van der Waals surface area (Å²) in [5.41, 5.74) is -0.878. The largest absolute Gasteiger partial charge is 0.416 e. The number of hydrogen-bond donors (Lipinski definition) is 0. The van der Waals surface area contributed by atoms with E-state index in [0.717, 1.165) is 38.4 Å². The number of benzene rings is 1. The van der Waals surface area contributed by atoms with Gasteiger partial charge in [-0.1, -0.05) is 24.9 Å². The van der Waals surface area contributed by atoms with Gasteiger partial charge in [0.1, 0.15) is 5.82 Å². The van der Waals surface area contributed by atoms with Crippen molar-refractivity contribution in [1.29, 1.82) is 0 Å². The van der Waals surface area contributed by atoms with Crippen LogP contribution in [-0.2, 0) is 12.7 Å². The third-order valence-corrected chi connectivity index (χ3v) is 4.38. The van der Waals surface area contributed by atoms with Crippen LogP contribution in [0.25, 0.3) is 0 Å². The van der Waals surface area contributed by atoms with Gasteiger partial charge in [0, 0.05) is 12.1 Å². The zero-order valence-corrected chi connectivity index (χ0v) is 12.6. The minimum atomic E-state index is -4.51. The van der Waals surface area contributed by atoms with Crippen molar-refractivity contribution in [1.82, 2.24) is 4.90 Å². The SMILES string of the molecule is CCC1CCN(Cc2cc(C(F)(F)F)cc(Cl)c2F)CC1. The average Bonchev–Trinajstić information content (AvgIpc) is 2.43. The lowest BCUT2D eigenvalue weighted by Gasteiger charge is -2.31. The normalized spacial score (nSPS) is 18.2. The summed E-state index contributed by atoms with van der Waals surface area (Å²) in [5.74, 6) is -0.0847. The van der Waals surface area contributed by atoms with E-state index in [0.29, 0.717) is 12.0 Å². The van der Waals surface area contributed by atoms with Gasteiger partial charge in [-0.25, -0.2) is 4.39 Å². The second-order valence-electron chi connectivity index (χ2n) is 5.56. The predicted molar refractivity (Wildman–Crippen MR) is 74.7 cm³/mol. The van der Waals surface area contributed by atoms with E-state index in [1.807, 2.05) is 4.90 Å². The van der Waals surface area contributed by atoms with E-state index in [9.17, 15) is 17.6 Å². The molecule has 0 amide bonds. The van der Waals surface area contributed by atoms with Crippen LogP contribution in [0.1, 0.15) is 37.3 Å². The molecule has 0 unspecified atom stereocenters. The van der Waals surface area contributed by atoms with Gasteiger partial charge in [-0.2, -0.15) is 13.2 Å². The van der Waals surface area contributed by atoms with Crippen molar-refractivity contribution >= 4 is 11.6 Å². The molecule has 1 aliphatic heterocycles. The number of rotatable bonds is 3. The van der Waals surface area contributed by atoms with Crippen LogP contribution < -0.4 is 0 Å². The van der Waals surface area contributed by atoms with Gasteiger partial charge < -0.3 is 0 Å². The molecule has 21 heavy (non-hydrogen) atoms. The predicted octanol–water partition coefficient (Wildman–Crippen LogP) is 5.12. The smallest absolute Gasteiger partial charge is 0.299 e. The number of alkyl halides is 3. The van der Waals surface area contributed by atoms with Crippen LogP contribution in [0.5, 0.6) is 0 Å². The zero-order chi connectivity index (χ0) is 15.6. The maximum Gasteiger partial charge on any atom is 0.416 e. The Morgan fingerprint density at radius 3 is 2.38 bits per heavy atom. The summed E-state index contributed by atoms with van der Waals surface area (Å²) in [6, 6.07) is 1.51. The van der Waals surface area contributed by atoms with Gasteiger partial charge in [-0.05, 0) is 44.0 Å². The number of nitrogens with zero attached hydrogens (tertiary/aromatic N) is 1. The van der Waals surface area contributed by atoms with Crippen LogP contribution in [-0.4, -0.2) is 18.0 Å². The molecule has 1 heterocycles. The lowest BCUT2D eigenvalue weighted by molar-refractivity contribution is -0.137. The molecular weight excluding hydrogens is 306 g/mol. The van der Waals surface area contributed by atoms with Gasteiger partial charge in [0.15, 0.2) is 0 Å². The van der Waals surface area contributed by atoms with E-state index in [1.165, 1.54) is 0 Å². The summed E-state index contributed by atoms with van der Waals surface area (Å²) in [6.45, 7) is 3.87. The standard InChI is InChI=1S/C15H18ClF4N/c1-2-10-3-5-21(6-4-10)9-11-7-12(15(18,19)20)8-13(16)14(11)17/h7-8,10H,2-6,9H2,1H3. The molecule has 0 spiro atoms. The molecule has 0 atom stereocenters.